The molecule has 8 N–H and O–H groups in total. The van der Waals surface area contributed by atoms with Gasteiger partial charge < -0.3 is 21.6 Å². The molecule has 0 bridgehead atoms. The molecule has 2 aromatic rings. The predicted octanol–water partition coefficient (Wildman–Crippen LogP) is -11.9. The van der Waals surface area contributed by atoms with E-state index in [0.717, 1.165) is 26.2 Å². The summed E-state index contributed by atoms with van der Waals surface area (Å²) in [5.74, 6) is 0. The van der Waals surface area contributed by atoms with Crippen molar-refractivity contribution in [2.24, 2.45) is 0 Å². The zero-order valence-corrected chi connectivity index (χ0v) is 17.0. The van der Waals surface area contributed by atoms with Crippen molar-refractivity contribution < 1.29 is 79.3 Å². The van der Waals surface area contributed by atoms with Gasteiger partial charge in [0, 0.05) is 35.9 Å². The SMILES string of the molecule is O.O.[O-][Cl+3]([O-])([O-])[O-].[O-][Cl+3]([O-])([O-])[O-].c1cc(C[NH2+]CC[NH2+]Cc2ccncc2)ccn1. The number of hydrogen-bond donors (Lipinski definition) is 2. The Balaban J connectivity index is -0.000000514. The fourth-order valence-corrected chi connectivity index (χ4v) is 1.81. The standard InChI is InChI=1S/C14H18N4.2ClHO4.2H2O/c1-5-15-6-2-13(1)11-17-9-10-18-12-14-3-7-16-8-4-14;2*2-1(3,4)5;;/h1-8,17-18H,9-12H2;2*(H,2,3,4,5);2*1H2. The number of halogens is 2. The van der Waals surface area contributed by atoms with Crippen LogP contribution in [0.15, 0.2) is 49.1 Å². The van der Waals surface area contributed by atoms with Crippen LogP contribution in [-0.4, -0.2) is 34.0 Å². The van der Waals surface area contributed by atoms with E-state index in [2.05, 4.69) is 44.9 Å². The van der Waals surface area contributed by atoms with Crippen LogP contribution < -0.4 is 47.9 Å². The van der Waals surface area contributed by atoms with Crippen LogP contribution in [0.4, 0.5) is 0 Å². The first kappa shape index (κ1) is 33.0. The topological polar surface area (TPSA) is 306 Å². The number of nitrogens with two attached hydrogens (primary N) is 2. The van der Waals surface area contributed by atoms with Crippen LogP contribution in [0, 0.1) is 20.5 Å². The Morgan fingerprint density at radius 3 is 1.03 bits per heavy atom. The second-order valence-electron chi connectivity index (χ2n) is 5.03. The third-order valence-corrected chi connectivity index (χ3v) is 2.83. The lowest BCUT2D eigenvalue weighted by Gasteiger charge is -2.17. The molecule has 0 unspecified atom stereocenters. The highest BCUT2D eigenvalue weighted by atomic mass is 35.7. The summed E-state index contributed by atoms with van der Waals surface area (Å²) in [6, 6.07) is 8.27. The molecule has 2 rings (SSSR count). The minimum Gasteiger partial charge on any atom is -0.412 e. The molecule has 0 radical (unpaired) electrons. The average Bonchev–Trinajstić information content (AvgIpc) is 2.57. The van der Waals surface area contributed by atoms with Crippen LogP contribution >= 0.6 is 0 Å². The summed E-state index contributed by atoms with van der Waals surface area (Å²) in [5.41, 5.74) is 2.67. The van der Waals surface area contributed by atoms with E-state index >= 15 is 0 Å². The highest BCUT2D eigenvalue weighted by Crippen LogP contribution is 1.91. The van der Waals surface area contributed by atoms with E-state index in [-0.39, 0.29) is 11.0 Å². The fourth-order valence-electron chi connectivity index (χ4n) is 1.81. The molecular weight excluding hydrogens is 455 g/mol. The van der Waals surface area contributed by atoms with Gasteiger partial charge in [-0.1, -0.05) is 0 Å². The summed E-state index contributed by atoms with van der Waals surface area (Å²) in [6.07, 6.45) is 7.38. The zero-order valence-electron chi connectivity index (χ0n) is 15.5. The largest absolute Gasteiger partial charge is 0.412 e. The van der Waals surface area contributed by atoms with Crippen molar-refractivity contribution >= 4 is 0 Å². The Hall–Kier alpha value is -1.60. The Bertz CT molecular complexity index is 550. The summed E-state index contributed by atoms with van der Waals surface area (Å²) < 4.78 is 67.9. The molecule has 0 aliphatic rings. The van der Waals surface area contributed by atoms with Gasteiger partial charge in [0.15, 0.2) is 0 Å². The first-order chi connectivity index (χ1) is 12.9. The molecule has 174 valence electrons. The van der Waals surface area contributed by atoms with E-state index in [1.165, 1.54) is 11.1 Å². The molecule has 14 nitrogen and oxygen atoms in total. The Morgan fingerprint density at radius 1 is 0.567 bits per heavy atom. The third kappa shape index (κ3) is 31.1. The van der Waals surface area contributed by atoms with Gasteiger partial charge in [0.25, 0.3) is 0 Å². The van der Waals surface area contributed by atoms with Gasteiger partial charge in [-0.15, -0.1) is 20.5 Å². The second-order valence-corrected chi connectivity index (χ2v) is 6.54. The number of nitrogens with zero attached hydrogens (tertiary/aromatic N) is 2. The van der Waals surface area contributed by atoms with Crippen LogP contribution in [0.2, 0.25) is 0 Å². The van der Waals surface area contributed by atoms with Crippen LogP contribution in [0.1, 0.15) is 11.1 Å². The van der Waals surface area contributed by atoms with Crippen molar-refractivity contribution in [2.75, 3.05) is 13.1 Å². The molecule has 2 aromatic heterocycles. The lowest BCUT2D eigenvalue weighted by Crippen LogP contribution is -2.93. The van der Waals surface area contributed by atoms with E-state index in [9.17, 15) is 0 Å². The zero-order chi connectivity index (χ0) is 21.5. The maximum absolute atomic E-state index is 8.49. The molecule has 0 aliphatic carbocycles. The molecule has 16 heteroatoms. The van der Waals surface area contributed by atoms with E-state index < -0.39 is 20.5 Å². The van der Waals surface area contributed by atoms with Crippen molar-refractivity contribution in [3.05, 3.63) is 60.2 Å². The minimum atomic E-state index is -4.94. The van der Waals surface area contributed by atoms with Crippen molar-refractivity contribution in [1.82, 2.24) is 9.97 Å². The van der Waals surface area contributed by atoms with Gasteiger partial charge in [0.2, 0.25) is 0 Å². The van der Waals surface area contributed by atoms with Gasteiger partial charge in [-0.05, 0) is 24.3 Å². The normalized spacial score (nSPS) is 10.3. The van der Waals surface area contributed by atoms with Gasteiger partial charge in [0.05, 0.1) is 0 Å². The minimum absolute atomic E-state index is 0. The molecule has 0 aliphatic heterocycles. The smallest absolute Gasteiger partial charge is 0.125 e. The van der Waals surface area contributed by atoms with Crippen LogP contribution in [0.25, 0.3) is 0 Å². The van der Waals surface area contributed by atoms with Crippen molar-refractivity contribution in [2.45, 2.75) is 13.1 Å². The maximum Gasteiger partial charge on any atom is 0.125 e. The lowest BCUT2D eigenvalue weighted by molar-refractivity contribution is -2.00. The first-order valence-corrected chi connectivity index (χ1v) is 10.1. The van der Waals surface area contributed by atoms with E-state index in [0.29, 0.717) is 0 Å². The number of pyridine rings is 2. The third-order valence-electron chi connectivity index (χ3n) is 2.83. The molecule has 0 amide bonds. The quantitative estimate of drug-likeness (QED) is 0.353. The second kappa shape index (κ2) is 18.2. The van der Waals surface area contributed by atoms with Crippen LogP contribution in [0.3, 0.4) is 0 Å². The summed E-state index contributed by atoms with van der Waals surface area (Å²) >= 11 is 0. The highest BCUT2D eigenvalue weighted by molar-refractivity contribution is 5.07. The predicted molar refractivity (Wildman–Crippen MR) is 76.7 cm³/mol. The number of aromatic nitrogens is 2. The molecule has 0 saturated heterocycles. The highest BCUT2D eigenvalue weighted by Gasteiger charge is 1.97. The number of hydrogen-bond acceptors (Lipinski definition) is 10. The molecule has 0 aromatic carbocycles. The van der Waals surface area contributed by atoms with E-state index in [4.69, 9.17) is 37.3 Å². The van der Waals surface area contributed by atoms with Gasteiger partial charge in [0.1, 0.15) is 26.2 Å². The number of rotatable bonds is 7. The van der Waals surface area contributed by atoms with Crippen LogP contribution in [-0.2, 0) is 13.1 Å². The summed E-state index contributed by atoms with van der Waals surface area (Å²) in [5, 5.41) is 4.66. The van der Waals surface area contributed by atoms with E-state index in [1.807, 2.05) is 24.8 Å². The molecule has 30 heavy (non-hydrogen) atoms. The van der Waals surface area contributed by atoms with Crippen molar-refractivity contribution in [3.63, 3.8) is 0 Å². The summed E-state index contributed by atoms with van der Waals surface area (Å²) in [7, 11) is -9.89. The lowest BCUT2D eigenvalue weighted by atomic mass is 10.2. The van der Waals surface area contributed by atoms with E-state index in [1.54, 1.807) is 0 Å². The van der Waals surface area contributed by atoms with Gasteiger partial charge >= 0.3 is 0 Å². The molecule has 0 fully saturated rings. The molecule has 0 atom stereocenters. The average molecular weight is 479 g/mol. The molecule has 0 saturated carbocycles. The fraction of sp³-hybridized carbons (Fsp3) is 0.286. The monoisotopic (exact) mass is 478 g/mol. The van der Waals surface area contributed by atoms with Crippen molar-refractivity contribution in [1.29, 1.82) is 0 Å². The van der Waals surface area contributed by atoms with Gasteiger partial charge in [-0.3, -0.25) is 9.97 Å². The summed E-state index contributed by atoms with van der Waals surface area (Å²) in [4.78, 5) is 8.02. The Morgan fingerprint density at radius 2 is 0.800 bits per heavy atom. The first-order valence-electron chi connectivity index (χ1n) is 7.60. The van der Waals surface area contributed by atoms with Crippen molar-refractivity contribution in [3.8, 4) is 0 Å². The summed E-state index contributed by atoms with van der Waals surface area (Å²) in [6.45, 7) is 4.33. The molecule has 0 spiro atoms. The van der Waals surface area contributed by atoms with Gasteiger partial charge in [-0.2, -0.15) is 0 Å². The molecule has 2 heterocycles. The van der Waals surface area contributed by atoms with Gasteiger partial charge in [-0.25, -0.2) is 37.3 Å². The Labute approximate surface area is 176 Å². The number of quaternary nitrogens is 2. The van der Waals surface area contributed by atoms with Crippen LogP contribution in [0.5, 0.6) is 0 Å². The Kier molecular flexibility index (Phi) is 20.0. The maximum atomic E-state index is 8.49. The molecular formula is C14H24Cl2N4O10.